The summed E-state index contributed by atoms with van der Waals surface area (Å²) in [5.41, 5.74) is 2.47. The summed E-state index contributed by atoms with van der Waals surface area (Å²) < 4.78 is 0. The maximum atomic E-state index is 5.67. The summed E-state index contributed by atoms with van der Waals surface area (Å²) in [5.74, 6) is 12.2. The molecule has 29 heavy (non-hydrogen) atoms. The van der Waals surface area contributed by atoms with Gasteiger partial charge in [0.1, 0.15) is 0 Å². The first-order chi connectivity index (χ1) is 13.8. The van der Waals surface area contributed by atoms with Gasteiger partial charge in [0.05, 0.1) is 0 Å². The van der Waals surface area contributed by atoms with Gasteiger partial charge in [0.25, 0.3) is 0 Å². The van der Waals surface area contributed by atoms with E-state index in [2.05, 4.69) is 39.7 Å². The van der Waals surface area contributed by atoms with Crippen molar-refractivity contribution in [3.05, 3.63) is 0 Å². The van der Waals surface area contributed by atoms with Crippen LogP contribution >= 0.6 is 0 Å². The Bertz CT molecular complexity index is 610. The van der Waals surface area contributed by atoms with Gasteiger partial charge in [0.2, 0.25) is 0 Å². The normalized spacial score (nSPS) is 47.0. The highest BCUT2D eigenvalue weighted by atomic mass is 15.1. The fourth-order valence-corrected chi connectivity index (χ4v) is 9.20. The number of rotatable bonds is 5. The largest absolute Gasteiger partial charge is 0.323 e. The molecule has 4 aliphatic rings. The predicted octanol–water partition coefficient (Wildman–Crippen LogP) is 7.42. The summed E-state index contributed by atoms with van der Waals surface area (Å²) >= 11 is 0. The average Bonchev–Trinajstić information content (AvgIpc) is 3.04. The van der Waals surface area contributed by atoms with E-state index in [0.29, 0.717) is 10.8 Å². The molecule has 4 rings (SSSR count). The second-order valence-electron chi connectivity index (χ2n) is 12.6. The Labute approximate surface area is 180 Å². The molecule has 0 aromatic rings. The molecule has 0 aliphatic heterocycles. The minimum absolute atomic E-state index is 0.555. The first kappa shape index (κ1) is 21.7. The fourth-order valence-electron chi connectivity index (χ4n) is 9.20. The molecule has 4 fully saturated rings. The molecule has 4 saturated carbocycles. The summed E-state index contributed by atoms with van der Waals surface area (Å²) in [4.78, 5) is 0. The molecular weight excluding hydrogens is 352 g/mol. The van der Waals surface area contributed by atoms with Crippen molar-refractivity contribution in [3.8, 4) is 0 Å². The highest BCUT2D eigenvalue weighted by Gasteiger charge is 2.60. The Morgan fingerprint density at radius 2 is 1.69 bits per heavy atom. The summed E-state index contributed by atoms with van der Waals surface area (Å²) in [6.07, 6.45) is 16.9. The van der Waals surface area contributed by atoms with Crippen molar-refractivity contribution >= 4 is 5.71 Å². The van der Waals surface area contributed by atoms with Gasteiger partial charge >= 0.3 is 0 Å². The number of fused-ring (bicyclic) bond motifs is 5. The van der Waals surface area contributed by atoms with Crippen LogP contribution in [-0.4, -0.2) is 5.71 Å². The van der Waals surface area contributed by atoms with Crippen LogP contribution in [0.2, 0.25) is 0 Å². The number of hydrazone groups is 1. The minimum Gasteiger partial charge on any atom is -0.323 e. The van der Waals surface area contributed by atoms with Gasteiger partial charge in [0.15, 0.2) is 0 Å². The third kappa shape index (κ3) is 3.69. The van der Waals surface area contributed by atoms with Crippen LogP contribution in [0, 0.1) is 52.3 Å². The summed E-state index contributed by atoms with van der Waals surface area (Å²) in [5, 5.41) is 4.12. The summed E-state index contributed by atoms with van der Waals surface area (Å²) in [6, 6.07) is 0. The van der Waals surface area contributed by atoms with Crippen molar-refractivity contribution < 1.29 is 0 Å². The number of hydrogen-bond donors (Lipinski definition) is 1. The summed E-state index contributed by atoms with van der Waals surface area (Å²) in [6.45, 7) is 12.7. The second kappa shape index (κ2) is 8.19. The first-order valence-electron chi connectivity index (χ1n) is 13.0. The zero-order valence-corrected chi connectivity index (χ0v) is 20.1. The van der Waals surface area contributed by atoms with Gasteiger partial charge in [0, 0.05) is 5.71 Å². The highest BCUT2D eigenvalue weighted by molar-refractivity contribution is 5.85. The molecule has 2 heteroatoms. The van der Waals surface area contributed by atoms with Crippen molar-refractivity contribution in [2.45, 2.75) is 112 Å². The van der Waals surface area contributed by atoms with Crippen LogP contribution in [0.1, 0.15) is 112 Å². The zero-order chi connectivity index (χ0) is 20.8. The molecule has 0 radical (unpaired) electrons. The van der Waals surface area contributed by atoms with Gasteiger partial charge in [-0.2, -0.15) is 5.10 Å². The average molecular weight is 401 g/mol. The molecule has 2 N–H and O–H groups in total. The lowest BCUT2D eigenvalue weighted by molar-refractivity contribution is -0.105. The minimum atomic E-state index is 0.555. The van der Waals surface area contributed by atoms with Crippen LogP contribution in [0.3, 0.4) is 0 Å². The van der Waals surface area contributed by atoms with E-state index >= 15 is 0 Å². The van der Waals surface area contributed by atoms with Crippen LogP contribution < -0.4 is 5.84 Å². The van der Waals surface area contributed by atoms with Crippen molar-refractivity contribution in [1.82, 2.24) is 0 Å². The molecule has 8 atom stereocenters. The van der Waals surface area contributed by atoms with Crippen molar-refractivity contribution in [3.63, 3.8) is 0 Å². The standard InChI is InChI=1S/C27H48N2/c1-18(2)7-6-8-19(3)23-11-12-24-22-10-9-20-17-21(29-28)13-15-26(20,4)25(22)14-16-27(23,24)5/h18-20,22-25H,6-17,28H2,1-5H3/b29-21-/t19-,20+,22+,23-,24+,25+,26+,27-/m1/s1. The maximum Gasteiger partial charge on any atom is 0.0379 e. The SMILES string of the molecule is CC(C)CCC[C@@H](C)[C@H]1CC[C@H]2[C@@H]3CC[C@H]4C/C(=N\N)CC[C@]4(C)[C@H]3CC[C@]12C. The summed E-state index contributed by atoms with van der Waals surface area (Å²) in [7, 11) is 0. The number of nitrogens with zero attached hydrogens (tertiary/aromatic N) is 1. The van der Waals surface area contributed by atoms with Crippen LogP contribution in [-0.2, 0) is 0 Å². The molecule has 0 unspecified atom stereocenters. The molecule has 2 nitrogen and oxygen atoms in total. The molecule has 0 aromatic heterocycles. The van der Waals surface area contributed by atoms with Gasteiger partial charge < -0.3 is 5.84 Å². The highest BCUT2D eigenvalue weighted by Crippen LogP contribution is 2.68. The molecule has 0 spiro atoms. The van der Waals surface area contributed by atoms with Crippen LogP contribution in [0.5, 0.6) is 0 Å². The Balaban J connectivity index is 1.46. The van der Waals surface area contributed by atoms with E-state index in [0.717, 1.165) is 47.8 Å². The monoisotopic (exact) mass is 400 g/mol. The van der Waals surface area contributed by atoms with Crippen molar-refractivity contribution in [2.24, 2.45) is 63.2 Å². The van der Waals surface area contributed by atoms with E-state index in [-0.39, 0.29) is 0 Å². The Morgan fingerprint density at radius 3 is 2.41 bits per heavy atom. The number of nitrogens with two attached hydrogens (primary N) is 1. The van der Waals surface area contributed by atoms with Crippen LogP contribution in [0.15, 0.2) is 5.10 Å². The van der Waals surface area contributed by atoms with Gasteiger partial charge in [-0.15, -0.1) is 0 Å². The van der Waals surface area contributed by atoms with E-state index in [4.69, 9.17) is 5.84 Å². The molecule has 0 bridgehead atoms. The second-order valence-corrected chi connectivity index (χ2v) is 12.6. The molecule has 0 amide bonds. The van der Waals surface area contributed by atoms with Crippen molar-refractivity contribution in [2.75, 3.05) is 0 Å². The predicted molar refractivity (Wildman–Crippen MR) is 125 cm³/mol. The Hall–Kier alpha value is -0.530. The molecule has 0 saturated heterocycles. The lowest BCUT2D eigenvalue weighted by atomic mass is 9.44. The lowest BCUT2D eigenvalue weighted by Gasteiger charge is -2.60. The van der Waals surface area contributed by atoms with Gasteiger partial charge in [-0.25, -0.2) is 0 Å². The van der Waals surface area contributed by atoms with Gasteiger partial charge in [-0.3, -0.25) is 0 Å². The molecule has 4 aliphatic carbocycles. The quantitative estimate of drug-likeness (QED) is 0.378. The smallest absolute Gasteiger partial charge is 0.0379 e. The van der Waals surface area contributed by atoms with E-state index in [9.17, 15) is 0 Å². The van der Waals surface area contributed by atoms with Crippen LogP contribution in [0.4, 0.5) is 0 Å². The number of hydrogen-bond acceptors (Lipinski definition) is 2. The molecule has 0 aromatic carbocycles. The zero-order valence-electron chi connectivity index (χ0n) is 20.1. The Morgan fingerprint density at radius 1 is 0.931 bits per heavy atom. The van der Waals surface area contributed by atoms with E-state index in [1.54, 1.807) is 0 Å². The third-order valence-electron chi connectivity index (χ3n) is 10.9. The fraction of sp³-hybridized carbons (Fsp3) is 0.963. The van der Waals surface area contributed by atoms with E-state index in [1.165, 1.54) is 76.3 Å². The molecule has 166 valence electrons. The first-order valence-corrected chi connectivity index (χ1v) is 13.0. The van der Waals surface area contributed by atoms with E-state index in [1.807, 2.05) is 0 Å². The van der Waals surface area contributed by atoms with E-state index < -0.39 is 0 Å². The van der Waals surface area contributed by atoms with Crippen molar-refractivity contribution in [1.29, 1.82) is 0 Å². The lowest BCUT2D eigenvalue weighted by Crippen LogP contribution is -2.53. The maximum absolute atomic E-state index is 5.67. The molecule has 0 heterocycles. The molecular formula is C27H48N2. The Kier molecular flexibility index (Phi) is 6.13. The van der Waals surface area contributed by atoms with Gasteiger partial charge in [-0.05, 0) is 110 Å². The van der Waals surface area contributed by atoms with Crippen LogP contribution in [0.25, 0.3) is 0 Å². The third-order valence-corrected chi connectivity index (χ3v) is 10.9. The topological polar surface area (TPSA) is 38.4 Å². The van der Waals surface area contributed by atoms with Gasteiger partial charge in [-0.1, -0.05) is 53.9 Å².